The molecule has 37 heavy (non-hydrogen) atoms. The molecule has 0 bridgehead atoms. The minimum atomic E-state index is -2.73. The summed E-state index contributed by atoms with van der Waals surface area (Å²) in [6.45, 7) is 9.99. The molecule has 7 nitrogen and oxygen atoms in total. The van der Waals surface area contributed by atoms with E-state index in [1.54, 1.807) is 33.8 Å². The Morgan fingerprint density at radius 1 is 1.16 bits per heavy atom. The number of hydrogen-bond acceptors (Lipinski definition) is 6. The first kappa shape index (κ1) is 28.4. The standard InChI is InChI=1S/C28H43F2NO6/c1-15(31(14-23(29)30)24(35)37-25(2,3)4)16-8-10-28(36)18-11-20(32)19-12-21(33)22(34)13-26(19,5)17(18)7-9-27(16,28)6/h11,15-17,19,21-23,33-34,36H,7-10,12-14H2,1-6H3/t15?,16?,17?,19-,21+,22-,26+,27+,28+/m0/s1. The molecule has 0 aliphatic heterocycles. The van der Waals surface area contributed by atoms with Crippen LogP contribution in [-0.2, 0) is 9.53 Å². The summed E-state index contributed by atoms with van der Waals surface area (Å²) in [6.07, 6.45) is -1.24. The monoisotopic (exact) mass is 527 g/mol. The molecule has 0 heterocycles. The Morgan fingerprint density at radius 2 is 1.81 bits per heavy atom. The van der Waals surface area contributed by atoms with Crippen molar-refractivity contribution in [1.29, 1.82) is 0 Å². The van der Waals surface area contributed by atoms with Crippen molar-refractivity contribution in [3.05, 3.63) is 11.6 Å². The van der Waals surface area contributed by atoms with E-state index < -0.39 is 65.3 Å². The van der Waals surface area contributed by atoms with Crippen molar-refractivity contribution in [2.45, 2.75) is 116 Å². The average Bonchev–Trinajstić information content (AvgIpc) is 3.04. The molecular weight excluding hydrogens is 484 g/mol. The lowest BCUT2D eigenvalue weighted by molar-refractivity contribution is -0.153. The Balaban J connectivity index is 1.67. The number of allylic oxidation sites excluding steroid dienone is 1. The third-order valence-corrected chi connectivity index (χ3v) is 10.2. The Hall–Kier alpha value is -1.58. The fourth-order valence-corrected chi connectivity index (χ4v) is 8.28. The summed E-state index contributed by atoms with van der Waals surface area (Å²) in [6, 6.07) is -0.616. The van der Waals surface area contributed by atoms with E-state index in [1.165, 1.54) is 0 Å². The molecule has 9 atom stereocenters. The molecule has 1 amide bonds. The Morgan fingerprint density at radius 3 is 2.41 bits per heavy atom. The molecule has 0 saturated heterocycles. The second-order valence-electron chi connectivity index (χ2n) is 13.4. The summed E-state index contributed by atoms with van der Waals surface area (Å²) in [5.41, 5.74) is -2.83. The number of aliphatic hydroxyl groups excluding tert-OH is 2. The summed E-state index contributed by atoms with van der Waals surface area (Å²) < 4.78 is 32.6. The van der Waals surface area contributed by atoms with Gasteiger partial charge in [0, 0.05) is 17.4 Å². The van der Waals surface area contributed by atoms with Gasteiger partial charge >= 0.3 is 6.09 Å². The van der Waals surface area contributed by atoms with E-state index in [0.29, 0.717) is 31.3 Å². The van der Waals surface area contributed by atoms with Gasteiger partial charge in [-0.05, 0) is 95.1 Å². The molecule has 3 N–H and O–H groups in total. The molecule has 0 radical (unpaired) electrons. The molecular formula is C28H43F2NO6. The summed E-state index contributed by atoms with van der Waals surface area (Å²) in [5.74, 6) is -0.975. The predicted octanol–water partition coefficient (Wildman–Crippen LogP) is 4.08. The van der Waals surface area contributed by atoms with Crippen LogP contribution in [0.1, 0.15) is 80.1 Å². The molecule has 4 rings (SSSR count). The van der Waals surface area contributed by atoms with Gasteiger partial charge in [0.15, 0.2) is 5.78 Å². The maximum atomic E-state index is 13.6. The highest BCUT2D eigenvalue weighted by molar-refractivity contribution is 5.95. The zero-order chi connectivity index (χ0) is 27.7. The smallest absolute Gasteiger partial charge is 0.410 e. The number of carbonyl (C=O) groups is 2. The number of nitrogens with zero attached hydrogens (tertiary/aromatic N) is 1. The fourth-order valence-electron chi connectivity index (χ4n) is 8.28. The Kier molecular flexibility index (Phi) is 7.12. The van der Waals surface area contributed by atoms with Crippen molar-refractivity contribution in [3.63, 3.8) is 0 Å². The molecule has 210 valence electrons. The molecule has 0 aromatic rings. The fraction of sp³-hybridized carbons (Fsp3) is 0.857. The van der Waals surface area contributed by atoms with E-state index >= 15 is 0 Å². The maximum Gasteiger partial charge on any atom is 0.410 e. The minimum Gasteiger partial charge on any atom is -0.444 e. The highest BCUT2D eigenvalue weighted by Crippen LogP contribution is 2.67. The van der Waals surface area contributed by atoms with Crippen molar-refractivity contribution in [1.82, 2.24) is 4.90 Å². The first-order valence-electron chi connectivity index (χ1n) is 13.6. The van der Waals surface area contributed by atoms with E-state index in [0.717, 1.165) is 4.90 Å². The molecule has 9 heteroatoms. The van der Waals surface area contributed by atoms with Crippen LogP contribution >= 0.6 is 0 Å². The Bertz CT molecular complexity index is 965. The van der Waals surface area contributed by atoms with Crippen LogP contribution in [0, 0.1) is 28.6 Å². The lowest BCUT2D eigenvalue weighted by Gasteiger charge is -2.60. The molecule has 0 spiro atoms. The van der Waals surface area contributed by atoms with Crippen LogP contribution in [0.15, 0.2) is 11.6 Å². The van der Waals surface area contributed by atoms with Gasteiger partial charge in [-0.3, -0.25) is 9.69 Å². The largest absolute Gasteiger partial charge is 0.444 e. The van der Waals surface area contributed by atoms with Gasteiger partial charge in [0.05, 0.1) is 24.4 Å². The summed E-state index contributed by atoms with van der Waals surface area (Å²) >= 11 is 0. The Labute approximate surface area is 218 Å². The highest BCUT2D eigenvalue weighted by atomic mass is 19.3. The number of aliphatic hydroxyl groups is 3. The number of hydrogen-bond donors (Lipinski definition) is 3. The van der Waals surface area contributed by atoms with Crippen molar-refractivity contribution in [2.75, 3.05) is 6.54 Å². The number of ether oxygens (including phenoxy) is 1. The number of alkyl halides is 2. The molecule has 3 saturated carbocycles. The molecule has 3 unspecified atom stereocenters. The third kappa shape index (κ3) is 4.52. The first-order chi connectivity index (χ1) is 16.9. The second kappa shape index (κ2) is 9.26. The van der Waals surface area contributed by atoms with Gasteiger partial charge in [-0.2, -0.15) is 0 Å². The number of carbonyl (C=O) groups excluding carboxylic acids is 2. The van der Waals surface area contributed by atoms with Gasteiger partial charge in [0.25, 0.3) is 6.43 Å². The van der Waals surface area contributed by atoms with Crippen molar-refractivity contribution >= 4 is 11.9 Å². The van der Waals surface area contributed by atoms with Crippen LogP contribution in [0.2, 0.25) is 0 Å². The van der Waals surface area contributed by atoms with Crippen molar-refractivity contribution in [3.8, 4) is 0 Å². The van der Waals surface area contributed by atoms with Crippen LogP contribution in [0.5, 0.6) is 0 Å². The van der Waals surface area contributed by atoms with E-state index in [2.05, 4.69) is 0 Å². The predicted molar refractivity (Wildman–Crippen MR) is 133 cm³/mol. The molecule has 3 fully saturated rings. The van der Waals surface area contributed by atoms with Gasteiger partial charge < -0.3 is 20.1 Å². The average molecular weight is 528 g/mol. The zero-order valence-corrected chi connectivity index (χ0v) is 22.8. The third-order valence-electron chi connectivity index (χ3n) is 10.2. The topological polar surface area (TPSA) is 107 Å². The van der Waals surface area contributed by atoms with Gasteiger partial charge in [-0.25, -0.2) is 13.6 Å². The van der Waals surface area contributed by atoms with Crippen LogP contribution in [-0.4, -0.2) is 74.5 Å². The van der Waals surface area contributed by atoms with Gasteiger partial charge in [0.2, 0.25) is 0 Å². The van der Waals surface area contributed by atoms with Gasteiger partial charge in [-0.15, -0.1) is 0 Å². The maximum absolute atomic E-state index is 13.6. The van der Waals surface area contributed by atoms with Crippen molar-refractivity contribution in [2.24, 2.45) is 28.6 Å². The number of rotatable bonds is 4. The zero-order valence-electron chi connectivity index (χ0n) is 22.8. The van der Waals surface area contributed by atoms with E-state index in [9.17, 15) is 33.7 Å². The first-order valence-corrected chi connectivity index (χ1v) is 13.6. The lowest BCUT2D eigenvalue weighted by Crippen LogP contribution is -2.62. The SMILES string of the molecule is CC(C1CC[C@@]2(O)C3=CC(=O)[C@@H]4C[C@@H](O)[C@@H](O)C[C@]4(C)C3CC[C@]12C)N(CC(F)F)C(=O)OC(C)(C)C. The number of fused-ring (bicyclic) bond motifs is 5. The molecule has 4 aliphatic rings. The summed E-state index contributed by atoms with van der Waals surface area (Å²) in [4.78, 5) is 27.4. The minimum absolute atomic E-state index is 0.132. The number of ketones is 1. The molecule has 0 aromatic heterocycles. The van der Waals surface area contributed by atoms with Gasteiger partial charge in [0.1, 0.15) is 5.60 Å². The van der Waals surface area contributed by atoms with Crippen LogP contribution in [0.4, 0.5) is 13.6 Å². The van der Waals surface area contributed by atoms with E-state index in [1.807, 2.05) is 13.8 Å². The number of amides is 1. The lowest BCUT2D eigenvalue weighted by atomic mass is 9.46. The van der Waals surface area contributed by atoms with E-state index in [4.69, 9.17) is 4.74 Å². The normalized spacial score (nSPS) is 42.4. The number of halogens is 2. The van der Waals surface area contributed by atoms with E-state index in [-0.39, 0.29) is 30.5 Å². The second-order valence-corrected chi connectivity index (χ2v) is 13.4. The highest BCUT2D eigenvalue weighted by Gasteiger charge is 2.67. The quantitative estimate of drug-likeness (QED) is 0.509. The van der Waals surface area contributed by atoms with Crippen molar-refractivity contribution < 1.29 is 38.4 Å². The van der Waals surface area contributed by atoms with Gasteiger partial charge in [-0.1, -0.05) is 13.8 Å². The van der Waals surface area contributed by atoms with Crippen LogP contribution < -0.4 is 0 Å². The van der Waals surface area contributed by atoms with Crippen LogP contribution in [0.3, 0.4) is 0 Å². The summed E-state index contributed by atoms with van der Waals surface area (Å²) in [5, 5.41) is 33.0. The van der Waals surface area contributed by atoms with Crippen LogP contribution in [0.25, 0.3) is 0 Å². The summed E-state index contributed by atoms with van der Waals surface area (Å²) in [7, 11) is 0. The molecule has 4 aliphatic carbocycles. The molecule has 0 aromatic carbocycles.